The molecule has 3 nitrogen and oxygen atoms in total. The molecule has 0 aliphatic carbocycles. The number of aromatic nitrogens is 2. The fourth-order valence-electron chi connectivity index (χ4n) is 1.87. The first kappa shape index (κ1) is 15.3. The number of nitrogens with zero attached hydrogens (tertiary/aromatic N) is 2. The zero-order chi connectivity index (χ0) is 14.9. The van der Waals surface area contributed by atoms with E-state index < -0.39 is 0 Å². The van der Waals surface area contributed by atoms with Gasteiger partial charge in [0.25, 0.3) is 0 Å². The minimum atomic E-state index is -0.137. The van der Waals surface area contributed by atoms with E-state index in [9.17, 15) is 0 Å². The lowest BCUT2D eigenvalue weighted by atomic mass is 9.92. The Kier molecular flexibility index (Phi) is 4.35. The maximum absolute atomic E-state index is 6.23. The van der Waals surface area contributed by atoms with E-state index >= 15 is 0 Å². The van der Waals surface area contributed by atoms with Gasteiger partial charge in [0.15, 0.2) is 5.82 Å². The maximum atomic E-state index is 6.23. The summed E-state index contributed by atoms with van der Waals surface area (Å²) in [5, 5.41) is 0.408. The fraction of sp³-hybridized carbons (Fsp3) is 0.333. The van der Waals surface area contributed by atoms with Crippen LogP contribution < -0.4 is 4.74 Å². The van der Waals surface area contributed by atoms with Crippen LogP contribution in [-0.2, 0) is 5.41 Å². The van der Waals surface area contributed by atoms with Crippen molar-refractivity contribution in [3.63, 3.8) is 0 Å². The summed E-state index contributed by atoms with van der Waals surface area (Å²) >= 11 is 9.70. The lowest BCUT2D eigenvalue weighted by Crippen LogP contribution is -2.16. The predicted molar refractivity (Wildman–Crippen MR) is 85.4 cm³/mol. The molecule has 20 heavy (non-hydrogen) atoms. The summed E-state index contributed by atoms with van der Waals surface area (Å²) in [5.74, 6) is 1.30. The van der Waals surface area contributed by atoms with Crippen molar-refractivity contribution in [2.45, 2.75) is 26.2 Å². The third kappa shape index (κ3) is 2.96. The second-order valence-corrected chi connectivity index (χ2v) is 6.60. The Labute approximate surface area is 132 Å². The Morgan fingerprint density at radius 3 is 2.40 bits per heavy atom. The van der Waals surface area contributed by atoms with Crippen LogP contribution in [0.25, 0.3) is 11.4 Å². The summed E-state index contributed by atoms with van der Waals surface area (Å²) in [5.41, 5.74) is 1.57. The summed E-state index contributed by atoms with van der Waals surface area (Å²) in [6.07, 6.45) is 0. The monoisotopic (exact) mass is 354 g/mol. The Bertz CT molecular complexity index is 638. The lowest BCUT2D eigenvalue weighted by Gasteiger charge is -2.21. The third-order valence-electron chi connectivity index (χ3n) is 2.87. The molecule has 0 saturated carbocycles. The first-order valence-electron chi connectivity index (χ1n) is 6.21. The molecule has 0 bridgehead atoms. The van der Waals surface area contributed by atoms with Gasteiger partial charge in [0.1, 0.15) is 10.9 Å². The molecule has 5 heteroatoms. The molecule has 1 heterocycles. The second-order valence-electron chi connectivity index (χ2n) is 5.45. The van der Waals surface area contributed by atoms with Crippen LogP contribution in [0.1, 0.15) is 26.5 Å². The highest BCUT2D eigenvalue weighted by Crippen LogP contribution is 2.35. The molecule has 0 saturated heterocycles. The van der Waals surface area contributed by atoms with Crippen LogP contribution >= 0.6 is 27.5 Å². The highest BCUT2D eigenvalue weighted by atomic mass is 79.9. The normalized spacial score (nSPS) is 11.5. The van der Waals surface area contributed by atoms with Gasteiger partial charge in [-0.1, -0.05) is 44.5 Å². The highest BCUT2D eigenvalue weighted by Gasteiger charge is 2.23. The van der Waals surface area contributed by atoms with Crippen molar-refractivity contribution in [2.24, 2.45) is 0 Å². The molecular formula is C15H16BrClN2O. The second kappa shape index (κ2) is 5.70. The molecule has 1 aromatic heterocycles. The van der Waals surface area contributed by atoms with Crippen LogP contribution in [-0.4, -0.2) is 17.1 Å². The summed E-state index contributed by atoms with van der Waals surface area (Å²) in [6, 6.07) is 7.64. The van der Waals surface area contributed by atoms with Crippen LogP contribution in [0.2, 0.25) is 5.15 Å². The minimum absolute atomic E-state index is 0.137. The van der Waals surface area contributed by atoms with Gasteiger partial charge in [-0.3, -0.25) is 0 Å². The Balaban J connectivity index is 2.67. The van der Waals surface area contributed by atoms with Crippen molar-refractivity contribution in [1.29, 1.82) is 0 Å². The van der Waals surface area contributed by atoms with E-state index in [0.29, 0.717) is 11.0 Å². The third-order valence-corrected chi connectivity index (χ3v) is 4.12. The van der Waals surface area contributed by atoms with Gasteiger partial charge in [-0.15, -0.1) is 0 Å². The number of hydrogen-bond donors (Lipinski definition) is 0. The topological polar surface area (TPSA) is 35.0 Å². The summed E-state index contributed by atoms with van der Waals surface area (Å²) in [7, 11) is 1.63. The smallest absolute Gasteiger partial charge is 0.164 e. The average Bonchev–Trinajstić information content (AvgIpc) is 2.40. The molecule has 2 aromatic rings. The first-order valence-corrected chi connectivity index (χ1v) is 7.38. The van der Waals surface area contributed by atoms with Crippen LogP contribution in [0.3, 0.4) is 0 Å². The minimum Gasteiger partial charge on any atom is -0.496 e. The van der Waals surface area contributed by atoms with Crippen LogP contribution in [0.5, 0.6) is 5.75 Å². The molecule has 0 radical (unpaired) electrons. The van der Waals surface area contributed by atoms with E-state index in [1.54, 1.807) is 7.11 Å². The van der Waals surface area contributed by atoms with E-state index in [1.807, 2.05) is 24.3 Å². The van der Waals surface area contributed by atoms with Crippen molar-refractivity contribution >= 4 is 27.5 Å². The van der Waals surface area contributed by atoms with Crippen LogP contribution in [0, 0.1) is 0 Å². The molecule has 0 aliphatic heterocycles. The fourth-order valence-corrected chi connectivity index (χ4v) is 2.81. The van der Waals surface area contributed by atoms with Gasteiger partial charge < -0.3 is 4.74 Å². The molecule has 0 aliphatic rings. The molecule has 0 atom stereocenters. The number of ether oxygens (including phenoxy) is 1. The van der Waals surface area contributed by atoms with Gasteiger partial charge in [-0.2, -0.15) is 0 Å². The molecule has 0 unspecified atom stereocenters. The number of benzene rings is 1. The maximum Gasteiger partial charge on any atom is 0.164 e. The van der Waals surface area contributed by atoms with Gasteiger partial charge in [0.2, 0.25) is 0 Å². The van der Waals surface area contributed by atoms with Gasteiger partial charge in [0, 0.05) is 5.41 Å². The van der Waals surface area contributed by atoms with E-state index in [2.05, 4.69) is 46.7 Å². The van der Waals surface area contributed by atoms with Crippen molar-refractivity contribution < 1.29 is 4.74 Å². The predicted octanol–water partition coefficient (Wildman–Crippen LogP) is 4.87. The van der Waals surface area contributed by atoms with Gasteiger partial charge in [-0.05, 0) is 28.1 Å². The molecular weight excluding hydrogens is 340 g/mol. The van der Waals surface area contributed by atoms with Gasteiger partial charge in [0.05, 0.1) is 22.8 Å². The largest absolute Gasteiger partial charge is 0.496 e. The SMILES string of the molecule is COc1ccccc1-c1nc(Cl)c(Br)c(C(C)(C)C)n1. The van der Waals surface area contributed by atoms with E-state index in [0.717, 1.165) is 21.5 Å². The zero-order valence-electron chi connectivity index (χ0n) is 11.9. The zero-order valence-corrected chi connectivity index (χ0v) is 14.2. The van der Waals surface area contributed by atoms with Crippen LogP contribution in [0.15, 0.2) is 28.7 Å². The lowest BCUT2D eigenvalue weighted by molar-refractivity contribution is 0.416. The molecule has 0 N–H and O–H groups in total. The van der Waals surface area contributed by atoms with Crippen LogP contribution in [0.4, 0.5) is 0 Å². The number of halogens is 2. The number of para-hydroxylation sites is 1. The van der Waals surface area contributed by atoms with Crippen molar-refractivity contribution in [1.82, 2.24) is 9.97 Å². The molecule has 106 valence electrons. The number of rotatable bonds is 2. The summed E-state index contributed by atoms with van der Waals surface area (Å²) in [4.78, 5) is 9.01. The average molecular weight is 356 g/mol. The highest BCUT2D eigenvalue weighted by molar-refractivity contribution is 9.10. The quantitative estimate of drug-likeness (QED) is 0.721. The number of hydrogen-bond acceptors (Lipinski definition) is 3. The molecule has 0 spiro atoms. The number of methoxy groups -OCH3 is 1. The standard InChI is InChI=1S/C15H16BrClN2O/c1-15(2,3)12-11(16)13(17)19-14(18-12)9-7-5-6-8-10(9)20-4/h5-8H,1-4H3. The molecule has 0 amide bonds. The van der Waals surface area contributed by atoms with Crippen molar-refractivity contribution in [3.8, 4) is 17.1 Å². The first-order chi connectivity index (χ1) is 9.34. The van der Waals surface area contributed by atoms with Gasteiger partial charge >= 0.3 is 0 Å². The Morgan fingerprint density at radius 1 is 1.15 bits per heavy atom. The summed E-state index contributed by atoms with van der Waals surface area (Å²) in [6.45, 7) is 6.26. The molecule has 2 rings (SSSR count). The van der Waals surface area contributed by atoms with Crippen molar-refractivity contribution in [3.05, 3.63) is 39.6 Å². The Morgan fingerprint density at radius 2 is 1.80 bits per heavy atom. The van der Waals surface area contributed by atoms with E-state index in [1.165, 1.54) is 0 Å². The Hall–Kier alpha value is -1.13. The van der Waals surface area contributed by atoms with E-state index in [-0.39, 0.29) is 5.41 Å². The molecule has 0 fully saturated rings. The van der Waals surface area contributed by atoms with Crippen molar-refractivity contribution in [2.75, 3.05) is 7.11 Å². The molecule has 1 aromatic carbocycles. The van der Waals surface area contributed by atoms with E-state index in [4.69, 9.17) is 16.3 Å². The summed E-state index contributed by atoms with van der Waals surface area (Å²) < 4.78 is 6.10. The van der Waals surface area contributed by atoms with Gasteiger partial charge in [-0.25, -0.2) is 9.97 Å².